The number of benzene rings is 6. The summed E-state index contributed by atoms with van der Waals surface area (Å²) < 4.78 is 2.13. The van der Waals surface area contributed by atoms with Gasteiger partial charge in [0.05, 0.1) is 32.0 Å². The Kier molecular flexibility index (Phi) is 5.57. The number of nitro groups is 2. The van der Waals surface area contributed by atoms with Crippen LogP contribution in [0.4, 0.5) is 11.4 Å². The minimum absolute atomic E-state index is 0.0406. The summed E-state index contributed by atoms with van der Waals surface area (Å²) in [5.41, 5.74) is 5.30. The predicted octanol–water partition coefficient (Wildman–Crippen LogP) is 9.09. The van der Waals surface area contributed by atoms with E-state index in [1.807, 2.05) is 48.5 Å². The molecule has 0 saturated carbocycles. The topological polar surface area (TPSA) is 91.2 Å². The Morgan fingerprint density at radius 1 is 0.488 bits per heavy atom. The Morgan fingerprint density at radius 3 is 1.51 bits per heavy atom. The van der Waals surface area contributed by atoms with Gasteiger partial charge >= 0.3 is 0 Å². The van der Waals surface area contributed by atoms with E-state index in [1.165, 1.54) is 12.1 Å². The van der Waals surface area contributed by atoms with Crippen LogP contribution in [0.5, 0.6) is 0 Å². The van der Waals surface area contributed by atoms with Crippen molar-refractivity contribution in [1.82, 2.24) is 4.57 Å². The van der Waals surface area contributed by atoms with Gasteiger partial charge in [-0.15, -0.1) is 0 Å². The number of hydrogen-bond donors (Lipinski definition) is 0. The zero-order valence-electron chi connectivity index (χ0n) is 21.6. The molecular weight excluding hydrogens is 514 g/mol. The lowest BCUT2D eigenvalue weighted by Gasteiger charge is -2.11. The molecule has 1 aromatic heterocycles. The summed E-state index contributed by atoms with van der Waals surface area (Å²) in [6, 6.07) is 39.6. The average Bonchev–Trinajstić information content (AvgIpc) is 3.33. The van der Waals surface area contributed by atoms with Crippen LogP contribution < -0.4 is 0 Å². The lowest BCUT2D eigenvalue weighted by Crippen LogP contribution is -1.96. The third-order valence-corrected chi connectivity index (χ3v) is 7.58. The zero-order valence-corrected chi connectivity index (χ0v) is 21.6. The van der Waals surface area contributed by atoms with Gasteiger partial charge in [-0.25, -0.2) is 0 Å². The molecule has 0 amide bonds. The fourth-order valence-corrected chi connectivity index (χ4v) is 5.70. The number of nitro benzene ring substituents is 2. The molecule has 7 nitrogen and oxygen atoms in total. The third-order valence-electron chi connectivity index (χ3n) is 7.58. The summed E-state index contributed by atoms with van der Waals surface area (Å²) >= 11 is 0. The highest BCUT2D eigenvalue weighted by molar-refractivity contribution is 6.11. The minimum Gasteiger partial charge on any atom is -0.309 e. The Hall–Kier alpha value is -5.82. The van der Waals surface area contributed by atoms with Crippen LogP contribution >= 0.6 is 0 Å². The van der Waals surface area contributed by atoms with Gasteiger partial charge in [-0.3, -0.25) is 20.2 Å². The van der Waals surface area contributed by atoms with E-state index in [1.54, 1.807) is 36.4 Å². The highest BCUT2D eigenvalue weighted by Gasteiger charge is 2.20. The molecule has 41 heavy (non-hydrogen) atoms. The van der Waals surface area contributed by atoms with Gasteiger partial charge in [0.1, 0.15) is 0 Å². The molecule has 1 heterocycles. The van der Waals surface area contributed by atoms with E-state index in [0.29, 0.717) is 11.1 Å². The van der Waals surface area contributed by atoms with E-state index in [-0.39, 0.29) is 21.2 Å². The van der Waals surface area contributed by atoms with Gasteiger partial charge in [-0.2, -0.15) is 0 Å². The first-order valence-electron chi connectivity index (χ1n) is 13.0. The van der Waals surface area contributed by atoms with Crippen LogP contribution in [0, 0.1) is 20.2 Å². The fraction of sp³-hybridized carbons (Fsp3) is 0. The molecule has 0 aliphatic carbocycles. The van der Waals surface area contributed by atoms with Crippen LogP contribution in [0.2, 0.25) is 0 Å². The van der Waals surface area contributed by atoms with E-state index in [0.717, 1.165) is 49.4 Å². The van der Waals surface area contributed by atoms with E-state index < -0.39 is 0 Å². The molecule has 6 aromatic carbocycles. The molecule has 7 aromatic rings. The van der Waals surface area contributed by atoms with Crippen LogP contribution in [0.3, 0.4) is 0 Å². The van der Waals surface area contributed by atoms with Gasteiger partial charge in [0.15, 0.2) is 0 Å². The van der Waals surface area contributed by atoms with E-state index in [4.69, 9.17) is 0 Å². The Morgan fingerprint density at radius 2 is 0.976 bits per heavy atom. The standard InChI is InChI=1S/C34H21N3O4/c38-36(39)31-11-5-3-9-27(31)24-14-17-29-30-18-15-25(28-10-4-6-12-32(28)37(40)41)21-34(30)35(33(29)20-24)26-16-13-22-7-1-2-8-23(22)19-26/h1-21H. The minimum atomic E-state index is -0.364. The van der Waals surface area contributed by atoms with E-state index in [2.05, 4.69) is 34.9 Å². The van der Waals surface area contributed by atoms with Gasteiger partial charge in [-0.1, -0.05) is 78.9 Å². The second-order valence-corrected chi connectivity index (χ2v) is 9.88. The van der Waals surface area contributed by atoms with E-state index >= 15 is 0 Å². The van der Waals surface area contributed by atoms with E-state index in [9.17, 15) is 20.2 Å². The zero-order chi connectivity index (χ0) is 28.1. The Balaban J connectivity index is 1.55. The molecule has 0 saturated heterocycles. The lowest BCUT2D eigenvalue weighted by atomic mass is 10.0. The molecule has 0 spiro atoms. The molecular formula is C34H21N3O4. The molecule has 0 fully saturated rings. The molecule has 0 atom stereocenters. The van der Waals surface area contributed by atoms with Gasteiger partial charge in [0, 0.05) is 28.6 Å². The normalized spacial score (nSPS) is 11.3. The summed E-state index contributed by atoms with van der Waals surface area (Å²) in [4.78, 5) is 22.9. The smallest absolute Gasteiger partial charge is 0.277 e. The summed E-state index contributed by atoms with van der Waals surface area (Å²) in [5, 5.41) is 27.8. The average molecular weight is 536 g/mol. The van der Waals surface area contributed by atoms with Crippen LogP contribution in [0.15, 0.2) is 127 Å². The molecule has 0 N–H and O–H groups in total. The van der Waals surface area contributed by atoms with Crippen molar-refractivity contribution in [3.63, 3.8) is 0 Å². The summed E-state index contributed by atoms with van der Waals surface area (Å²) in [6.07, 6.45) is 0. The van der Waals surface area contributed by atoms with Gasteiger partial charge < -0.3 is 4.57 Å². The van der Waals surface area contributed by atoms with Crippen LogP contribution in [0.25, 0.3) is 60.5 Å². The number of nitrogens with zero attached hydrogens (tertiary/aromatic N) is 3. The maximum atomic E-state index is 11.8. The molecule has 196 valence electrons. The number of para-hydroxylation sites is 2. The van der Waals surface area contributed by atoms with Gasteiger partial charge in [0.2, 0.25) is 0 Å². The van der Waals surface area contributed by atoms with Crippen molar-refractivity contribution in [1.29, 1.82) is 0 Å². The highest BCUT2D eigenvalue weighted by atomic mass is 16.6. The van der Waals surface area contributed by atoms with Crippen molar-refractivity contribution in [3.05, 3.63) is 148 Å². The van der Waals surface area contributed by atoms with Crippen LogP contribution in [0.1, 0.15) is 0 Å². The lowest BCUT2D eigenvalue weighted by molar-refractivity contribution is -0.384. The molecule has 0 bridgehead atoms. The van der Waals surface area contributed by atoms with Gasteiger partial charge in [-0.05, 0) is 58.3 Å². The number of hydrogen-bond acceptors (Lipinski definition) is 4. The summed E-state index contributed by atoms with van der Waals surface area (Å²) in [6.45, 7) is 0. The monoisotopic (exact) mass is 535 g/mol. The van der Waals surface area contributed by atoms with Crippen molar-refractivity contribution in [2.45, 2.75) is 0 Å². The first-order valence-corrected chi connectivity index (χ1v) is 13.0. The quantitative estimate of drug-likeness (QED) is 0.162. The van der Waals surface area contributed by atoms with Crippen molar-refractivity contribution in [3.8, 4) is 27.9 Å². The summed E-state index contributed by atoms with van der Waals surface area (Å²) in [7, 11) is 0. The molecule has 0 unspecified atom stereocenters. The second kappa shape index (κ2) is 9.43. The summed E-state index contributed by atoms with van der Waals surface area (Å²) in [5.74, 6) is 0. The van der Waals surface area contributed by atoms with Crippen molar-refractivity contribution in [2.24, 2.45) is 0 Å². The first-order chi connectivity index (χ1) is 20.0. The molecule has 7 rings (SSSR count). The Labute approximate surface area is 233 Å². The SMILES string of the molecule is O=[N+]([O-])c1ccccc1-c1ccc2c3ccc(-c4ccccc4[N+](=O)[O-])cc3n(-c3ccc4ccccc4c3)c2c1. The first kappa shape index (κ1) is 24.2. The molecule has 0 radical (unpaired) electrons. The molecule has 0 aliphatic heterocycles. The number of rotatable bonds is 5. The van der Waals surface area contributed by atoms with Crippen LogP contribution in [-0.2, 0) is 0 Å². The maximum absolute atomic E-state index is 11.8. The number of aromatic nitrogens is 1. The fourth-order valence-electron chi connectivity index (χ4n) is 5.70. The highest BCUT2D eigenvalue weighted by Crippen LogP contribution is 2.40. The maximum Gasteiger partial charge on any atom is 0.277 e. The molecule has 0 aliphatic rings. The van der Waals surface area contributed by atoms with Crippen molar-refractivity contribution < 1.29 is 9.85 Å². The third kappa shape index (κ3) is 3.99. The number of fused-ring (bicyclic) bond motifs is 4. The second-order valence-electron chi connectivity index (χ2n) is 9.88. The predicted molar refractivity (Wildman–Crippen MR) is 162 cm³/mol. The Bertz CT molecular complexity index is 2070. The van der Waals surface area contributed by atoms with Crippen LogP contribution in [-0.4, -0.2) is 14.4 Å². The van der Waals surface area contributed by atoms with Gasteiger partial charge in [0.25, 0.3) is 11.4 Å². The largest absolute Gasteiger partial charge is 0.309 e. The molecule has 7 heteroatoms. The van der Waals surface area contributed by atoms with Crippen molar-refractivity contribution in [2.75, 3.05) is 0 Å². The van der Waals surface area contributed by atoms with Crippen molar-refractivity contribution >= 4 is 44.0 Å².